The van der Waals surface area contributed by atoms with Crippen LogP contribution in [0.15, 0.2) is 91.6 Å². The SMILES string of the molecule is COc1cc(/N=C(\SC)N(C)C(=O)/C=C/c2ccco2)ccc1-c1cc2ccccc2oc1=O. The Morgan fingerprint density at radius 2 is 1.91 bits per heavy atom. The Morgan fingerprint density at radius 1 is 1.09 bits per heavy atom. The second-order valence-corrected chi connectivity index (χ2v) is 7.99. The minimum Gasteiger partial charge on any atom is -0.496 e. The molecule has 0 bridgehead atoms. The van der Waals surface area contributed by atoms with Crippen molar-refractivity contribution in [1.29, 1.82) is 0 Å². The Kier molecular flexibility index (Phi) is 6.98. The predicted octanol–water partition coefficient (Wildman–Crippen LogP) is 5.58. The van der Waals surface area contributed by atoms with Crippen molar-refractivity contribution in [3.8, 4) is 16.9 Å². The number of hydrogen-bond donors (Lipinski definition) is 0. The van der Waals surface area contributed by atoms with E-state index in [-0.39, 0.29) is 5.91 Å². The van der Waals surface area contributed by atoms with Gasteiger partial charge in [0.25, 0.3) is 5.91 Å². The van der Waals surface area contributed by atoms with Crippen LogP contribution < -0.4 is 10.4 Å². The summed E-state index contributed by atoms with van der Waals surface area (Å²) in [4.78, 5) is 31.2. The molecule has 1 amide bonds. The number of benzene rings is 2. The molecule has 172 valence electrons. The van der Waals surface area contributed by atoms with Gasteiger partial charge < -0.3 is 13.6 Å². The fraction of sp³-hybridized carbons (Fsp3) is 0.115. The molecular weight excluding hydrogens is 452 g/mol. The first-order valence-electron chi connectivity index (χ1n) is 10.3. The zero-order valence-corrected chi connectivity index (χ0v) is 19.7. The van der Waals surface area contributed by atoms with Gasteiger partial charge in [-0.3, -0.25) is 9.69 Å². The van der Waals surface area contributed by atoms with Gasteiger partial charge in [0.05, 0.1) is 24.6 Å². The minimum atomic E-state index is -0.452. The lowest BCUT2D eigenvalue weighted by atomic mass is 10.0. The lowest BCUT2D eigenvalue weighted by Crippen LogP contribution is -2.29. The van der Waals surface area contributed by atoms with Crippen LogP contribution in [0.1, 0.15) is 5.76 Å². The van der Waals surface area contributed by atoms with Gasteiger partial charge >= 0.3 is 5.63 Å². The zero-order chi connectivity index (χ0) is 24.1. The standard InChI is InChI=1S/C26H22N2O5S/c1-28(24(29)13-11-19-8-6-14-32-19)26(34-3)27-18-10-12-20(23(16-18)31-2)21-15-17-7-4-5-9-22(17)33-25(21)30/h4-16H,1-3H3/b13-11+,27-26-. The number of aliphatic imine (C=N–C) groups is 1. The molecule has 0 saturated carbocycles. The second-order valence-electron chi connectivity index (χ2n) is 7.21. The summed E-state index contributed by atoms with van der Waals surface area (Å²) >= 11 is 1.33. The molecule has 0 radical (unpaired) electrons. The second kappa shape index (κ2) is 10.3. The highest BCUT2D eigenvalue weighted by Gasteiger charge is 2.15. The van der Waals surface area contributed by atoms with E-state index in [1.54, 1.807) is 61.9 Å². The first-order valence-corrected chi connectivity index (χ1v) is 11.6. The maximum atomic E-state index is 12.6. The van der Waals surface area contributed by atoms with Crippen LogP contribution in [0.5, 0.6) is 5.75 Å². The van der Waals surface area contributed by atoms with Gasteiger partial charge in [-0.2, -0.15) is 0 Å². The highest BCUT2D eigenvalue weighted by Crippen LogP contribution is 2.33. The molecule has 0 unspecified atom stereocenters. The topological polar surface area (TPSA) is 85.2 Å². The fourth-order valence-corrected chi connectivity index (χ4v) is 3.90. The number of furan rings is 1. The number of carbonyl (C=O) groups excluding carboxylic acids is 1. The van der Waals surface area contributed by atoms with E-state index < -0.39 is 5.63 Å². The number of ether oxygens (including phenoxy) is 1. The predicted molar refractivity (Wildman–Crippen MR) is 136 cm³/mol. The summed E-state index contributed by atoms with van der Waals surface area (Å²) in [5, 5.41) is 1.31. The third kappa shape index (κ3) is 4.97. The third-order valence-electron chi connectivity index (χ3n) is 5.07. The van der Waals surface area contributed by atoms with Crippen LogP contribution in [0.4, 0.5) is 5.69 Å². The van der Waals surface area contributed by atoms with Gasteiger partial charge in [0, 0.05) is 30.1 Å². The van der Waals surface area contributed by atoms with Crippen LogP contribution in [0.25, 0.3) is 28.2 Å². The number of para-hydroxylation sites is 1. The summed E-state index contributed by atoms with van der Waals surface area (Å²) in [6, 6.07) is 17.9. The highest BCUT2D eigenvalue weighted by atomic mass is 32.2. The molecule has 8 heteroatoms. The van der Waals surface area contributed by atoms with E-state index in [1.165, 1.54) is 29.8 Å². The number of amidine groups is 1. The van der Waals surface area contributed by atoms with Gasteiger partial charge in [0.1, 0.15) is 17.1 Å². The van der Waals surface area contributed by atoms with Gasteiger partial charge in [0.15, 0.2) is 5.17 Å². The Morgan fingerprint density at radius 3 is 2.65 bits per heavy atom. The van der Waals surface area contributed by atoms with Crippen molar-refractivity contribution in [3.05, 3.63) is 89.2 Å². The van der Waals surface area contributed by atoms with Crippen molar-refractivity contribution in [2.24, 2.45) is 4.99 Å². The molecule has 2 heterocycles. The van der Waals surface area contributed by atoms with E-state index >= 15 is 0 Å². The normalized spacial score (nSPS) is 11.8. The van der Waals surface area contributed by atoms with E-state index in [9.17, 15) is 9.59 Å². The van der Waals surface area contributed by atoms with Crippen molar-refractivity contribution >= 4 is 45.6 Å². The summed E-state index contributed by atoms with van der Waals surface area (Å²) < 4.78 is 16.2. The summed E-state index contributed by atoms with van der Waals surface area (Å²) in [6.45, 7) is 0. The number of rotatable bonds is 5. The van der Waals surface area contributed by atoms with Crippen LogP contribution in [-0.2, 0) is 4.79 Å². The van der Waals surface area contributed by atoms with Crippen LogP contribution in [0, 0.1) is 0 Å². The molecule has 0 fully saturated rings. The highest BCUT2D eigenvalue weighted by molar-refractivity contribution is 8.13. The Bertz CT molecular complexity index is 1440. The monoisotopic (exact) mass is 474 g/mol. The Hall–Kier alpha value is -4.04. The summed E-state index contributed by atoms with van der Waals surface area (Å²) in [5.74, 6) is 0.806. The summed E-state index contributed by atoms with van der Waals surface area (Å²) in [5.41, 5.74) is 1.63. The van der Waals surface area contributed by atoms with Gasteiger partial charge in [-0.1, -0.05) is 30.0 Å². The Balaban J connectivity index is 1.64. The number of likely N-dealkylation sites (N-methyl/N-ethyl adjacent to an activating group) is 1. The molecule has 0 aliphatic rings. The van der Waals surface area contributed by atoms with E-state index in [1.807, 2.05) is 24.5 Å². The average molecular weight is 475 g/mol. The van der Waals surface area contributed by atoms with Gasteiger partial charge in [-0.25, -0.2) is 9.79 Å². The van der Waals surface area contributed by atoms with Gasteiger partial charge in [-0.05, 0) is 48.7 Å². The van der Waals surface area contributed by atoms with Crippen molar-refractivity contribution in [3.63, 3.8) is 0 Å². The van der Waals surface area contributed by atoms with E-state index in [4.69, 9.17) is 13.6 Å². The Labute approximate surface area is 200 Å². The molecule has 0 saturated heterocycles. The first kappa shape index (κ1) is 23.1. The molecule has 0 spiro atoms. The molecule has 7 nitrogen and oxygen atoms in total. The van der Waals surface area contributed by atoms with E-state index in [0.717, 1.165) is 5.39 Å². The van der Waals surface area contributed by atoms with Gasteiger partial charge in [-0.15, -0.1) is 0 Å². The van der Waals surface area contributed by atoms with Crippen LogP contribution in [0.2, 0.25) is 0 Å². The van der Waals surface area contributed by atoms with Crippen molar-refractivity contribution < 1.29 is 18.4 Å². The van der Waals surface area contributed by atoms with Crippen molar-refractivity contribution in [2.75, 3.05) is 20.4 Å². The smallest absolute Gasteiger partial charge is 0.344 e. The number of nitrogens with zero attached hydrogens (tertiary/aromatic N) is 2. The summed E-state index contributed by atoms with van der Waals surface area (Å²) in [7, 11) is 3.18. The number of carbonyl (C=O) groups is 1. The molecule has 2 aromatic carbocycles. The molecule has 0 aliphatic heterocycles. The van der Waals surface area contributed by atoms with Gasteiger partial charge in [0.2, 0.25) is 0 Å². The van der Waals surface area contributed by atoms with Crippen LogP contribution in [0.3, 0.4) is 0 Å². The minimum absolute atomic E-state index is 0.248. The number of amides is 1. The fourth-order valence-electron chi connectivity index (χ4n) is 3.34. The molecule has 34 heavy (non-hydrogen) atoms. The van der Waals surface area contributed by atoms with Crippen LogP contribution >= 0.6 is 11.8 Å². The molecular formula is C26H22N2O5S. The number of methoxy groups -OCH3 is 1. The van der Waals surface area contributed by atoms with Crippen molar-refractivity contribution in [1.82, 2.24) is 4.90 Å². The lowest BCUT2D eigenvalue weighted by Gasteiger charge is -2.16. The molecule has 0 N–H and O–H groups in total. The largest absolute Gasteiger partial charge is 0.496 e. The maximum Gasteiger partial charge on any atom is 0.344 e. The molecule has 2 aromatic heterocycles. The van der Waals surface area contributed by atoms with Crippen LogP contribution in [-0.4, -0.2) is 36.4 Å². The van der Waals surface area contributed by atoms with E-state index in [0.29, 0.717) is 39.1 Å². The lowest BCUT2D eigenvalue weighted by molar-refractivity contribution is -0.121. The van der Waals surface area contributed by atoms with Crippen molar-refractivity contribution in [2.45, 2.75) is 0 Å². The molecule has 4 rings (SSSR count). The molecule has 0 aliphatic carbocycles. The maximum absolute atomic E-state index is 12.6. The summed E-state index contributed by atoms with van der Waals surface area (Å²) in [6.07, 6.45) is 6.41. The molecule has 4 aromatic rings. The quantitative estimate of drug-likeness (QED) is 0.162. The van der Waals surface area contributed by atoms with E-state index in [2.05, 4.69) is 4.99 Å². The average Bonchev–Trinajstić information content (AvgIpc) is 3.38. The molecule has 0 atom stereocenters. The zero-order valence-electron chi connectivity index (χ0n) is 18.8. The first-order chi connectivity index (χ1) is 16.5. The number of fused-ring (bicyclic) bond motifs is 1. The number of thioether (sulfide) groups is 1. The number of hydrogen-bond acceptors (Lipinski definition) is 7. The third-order valence-corrected chi connectivity index (χ3v) is 5.81.